The van der Waals surface area contributed by atoms with E-state index in [0.717, 1.165) is 18.1 Å². The maximum absolute atomic E-state index is 12.2. The van der Waals surface area contributed by atoms with E-state index in [1.54, 1.807) is 0 Å². The van der Waals surface area contributed by atoms with E-state index in [1.807, 2.05) is 32.5 Å². The standard InChI is InChI=1S/C21H33NO2S/c1-16-10-8-9-13-19(16)25-15-18(14-17-11-6-5-7-12-17)22-20(23)24-21(2,3)4/h8-10,13,17-18H,5-7,11-12,14-15H2,1-4H3,(H,22,23)/t18-/m0/s1. The summed E-state index contributed by atoms with van der Waals surface area (Å²) in [6.45, 7) is 7.86. The summed E-state index contributed by atoms with van der Waals surface area (Å²) in [5.41, 5.74) is 0.837. The number of carbonyl (C=O) groups excluding carboxylic acids is 1. The van der Waals surface area contributed by atoms with Crippen LogP contribution in [0.2, 0.25) is 0 Å². The first-order chi connectivity index (χ1) is 11.8. The van der Waals surface area contributed by atoms with E-state index in [1.165, 1.54) is 42.6 Å². The highest BCUT2D eigenvalue weighted by Gasteiger charge is 2.23. The van der Waals surface area contributed by atoms with E-state index >= 15 is 0 Å². The Kier molecular flexibility index (Phi) is 7.67. The molecule has 0 unspecified atom stereocenters. The summed E-state index contributed by atoms with van der Waals surface area (Å²) < 4.78 is 5.47. The SMILES string of the molecule is Cc1ccccc1SC[C@H](CC1CCCCC1)NC(=O)OC(C)(C)C. The lowest BCUT2D eigenvalue weighted by Crippen LogP contribution is -2.41. The Morgan fingerprint density at radius 1 is 1.24 bits per heavy atom. The van der Waals surface area contributed by atoms with Crippen molar-refractivity contribution in [2.24, 2.45) is 5.92 Å². The summed E-state index contributed by atoms with van der Waals surface area (Å²) >= 11 is 1.83. The largest absolute Gasteiger partial charge is 0.444 e. The van der Waals surface area contributed by atoms with Gasteiger partial charge in [-0.15, -0.1) is 11.8 Å². The lowest BCUT2D eigenvalue weighted by Gasteiger charge is -2.28. The van der Waals surface area contributed by atoms with Gasteiger partial charge in [-0.2, -0.15) is 0 Å². The molecule has 0 radical (unpaired) electrons. The molecule has 3 nitrogen and oxygen atoms in total. The van der Waals surface area contributed by atoms with E-state index < -0.39 is 5.60 Å². The maximum Gasteiger partial charge on any atom is 0.407 e. The number of amides is 1. The number of carbonyl (C=O) groups is 1. The topological polar surface area (TPSA) is 38.3 Å². The van der Waals surface area contributed by atoms with E-state index in [-0.39, 0.29) is 12.1 Å². The summed E-state index contributed by atoms with van der Waals surface area (Å²) in [4.78, 5) is 13.5. The molecule has 0 aromatic heterocycles. The summed E-state index contributed by atoms with van der Waals surface area (Å²) in [6.07, 6.45) is 7.36. The number of hydrogen-bond donors (Lipinski definition) is 1. The van der Waals surface area contributed by atoms with Crippen molar-refractivity contribution in [2.75, 3.05) is 5.75 Å². The second-order valence-corrected chi connectivity index (χ2v) is 9.22. The Hall–Kier alpha value is -1.16. The van der Waals surface area contributed by atoms with Crippen LogP contribution < -0.4 is 5.32 Å². The van der Waals surface area contributed by atoms with Crippen LogP contribution in [0.3, 0.4) is 0 Å². The number of alkyl carbamates (subject to hydrolysis) is 1. The van der Waals surface area contributed by atoms with Gasteiger partial charge in [0, 0.05) is 16.7 Å². The fourth-order valence-electron chi connectivity index (χ4n) is 3.38. The van der Waals surface area contributed by atoms with Crippen LogP contribution in [-0.2, 0) is 4.74 Å². The van der Waals surface area contributed by atoms with Crippen molar-refractivity contribution in [3.63, 3.8) is 0 Å². The molecule has 1 aromatic carbocycles. The lowest BCUT2D eigenvalue weighted by molar-refractivity contribution is 0.0501. The quantitative estimate of drug-likeness (QED) is 0.635. The van der Waals surface area contributed by atoms with E-state index in [9.17, 15) is 4.79 Å². The number of rotatable bonds is 6. The molecule has 0 bridgehead atoms. The average Bonchev–Trinajstić information content (AvgIpc) is 2.53. The second-order valence-electron chi connectivity index (χ2n) is 8.16. The van der Waals surface area contributed by atoms with Crippen molar-refractivity contribution in [3.05, 3.63) is 29.8 Å². The molecule has 0 saturated heterocycles. The summed E-state index contributed by atoms with van der Waals surface area (Å²) in [5, 5.41) is 3.13. The van der Waals surface area contributed by atoms with Gasteiger partial charge in [-0.25, -0.2) is 4.79 Å². The molecule has 1 atom stereocenters. The van der Waals surface area contributed by atoms with Gasteiger partial charge >= 0.3 is 6.09 Å². The van der Waals surface area contributed by atoms with Gasteiger partial charge < -0.3 is 10.1 Å². The van der Waals surface area contributed by atoms with Crippen molar-refractivity contribution in [3.8, 4) is 0 Å². The number of benzene rings is 1. The molecule has 1 aliphatic rings. The van der Waals surface area contributed by atoms with E-state index in [0.29, 0.717) is 0 Å². The molecule has 1 amide bonds. The number of hydrogen-bond acceptors (Lipinski definition) is 3. The second kappa shape index (κ2) is 9.51. The predicted octanol–water partition coefficient (Wildman–Crippen LogP) is 5.95. The minimum atomic E-state index is -0.456. The minimum Gasteiger partial charge on any atom is -0.444 e. The fraction of sp³-hybridized carbons (Fsp3) is 0.667. The molecule has 0 heterocycles. The zero-order chi connectivity index (χ0) is 18.3. The van der Waals surface area contributed by atoms with Crippen molar-refractivity contribution < 1.29 is 9.53 Å². The molecule has 1 aliphatic carbocycles. The van der Waals surface area contributed by atoms with Gasteiger partial charge in [-0.1, -0.05) is 50.3 Å². The fourth-order valence-corrected chi connectivity index (χ4v) is 4.45. The highest BCUT2D eigenvalue weighted by Crippen LogP contribution is 2.30. The molecule has 1 saturated carbocycles. The highest BCUT2D eigenvalue weighted by molar-refractivity contribution is 7.99. The molecule has 0 aliphatic heterocycles. The summed E-state index contributed by atoms with van der Waals surface area (Å²) in [6, 6.07) is 8.60. The van der Waals surface area contributed by atoms with Crippen LogP contribution in [0.15, 0.2) is 29.2 Å². The molecule has 2 rings (SSSR count). The summed E-state index contributed by atoms with van der Waals surface area (Å²) in [7, 11) is 0. The van der Waals surface area contributed by atoms with Crippen molar-refractivity contribution in [1.82, 2.24) is 5.32 Å². The van der Waals surface area contributed by atoms with Gasteiger partial charge in [0.25, 0.3) is 0 Å². The minimum absolute atomic E-state index is 0.155. The number of nitrogens with one attached hydrogen (secondary N) is 1. The van der Waals surface area contributed by atoms with Crippen LogP contribution in [0.25, 0.3) is 0 Å². The molecule has 0 spiro atoms. The van der Waals surface area contributed by atoms with Crippen LogP contribution in [0.5, 0.6) is 0 Å². The van der Waals surface area contributed by atoms with Gasteiger partial charge in [-0.05, 0) is 51.7 Å². The average molecular weight is 364 g/mol. The molecule has 140 valence electrons. The first-order valence-corrected chi connectivity index (χ1v) is 10.5. The third-order valence-corrected chi connectivity index (χ3v) is 5.94. The van der Waals surface area contributed by atoms with Gasteiger partial charge in [0.2, 0.25) is 0 Å². The molecule has 1 fully saturated rings. The van der Waals surface area contributed by atoms with Crippen LogP contribution in [0.1, 0.15) is 64.9 Å². The number of ether oxygens (including phenoxy) is 1. The van der Waals surface area contributed by atoms with Crippen molar-refractivity contribution in [1.29, 1.82) is 0 Å². The van der Waals surface area contributed by atoms with Crippen LogP contribution in [0, 0.1) is 12.8 Å². The van der Waals surface area contributed by atoms with Crippen molar-refractivity contribution >= 4 is 17.9 Å². The molecule has 1 N–H and O–H groups in total. The smallest absolute Gasteiger partial charge is 0.407 e. The Labute approximate surface area is 157 Å². The van der Waals surface area contributed by atoms with E-state index in [2.05, 4.69) is 36.5 Å². The van der Waals surface area contributed by atoms with Gasteiger partial charge in [0.05, 0.1) is 0 Å². The maximum atomic E-state index is 12.2. The summed E-state index contributed by atoms with van der Waals surface area (Å²) in [5.74, 6) is 1.62. The lowest BCUT2D eigenvalue weighted by atomic mass is 9.85. The monoisotopic (exact) mass is 363 g/mol. The molecule has 4 heteroatoms. The first-order valence-electron chi connectivity index (χ1n) is 9.51. The van der Waals surface area contributed by atoms with Gasteiger partial charge in [-0.3, -0.25) is 0 Å². The van der Waals surface area contributed by atoms with Gasteiger partial charge in [0.15, 0.2) is 0 Å². The molecule has 25 heavy (non-hydrogen) atoms. The normalized spacial score (nSPS) is 17.1. The third-order valence-electron chi connectivity index (χ3n) is 4.60. The predicted molar refractivity (Wildman–Crippen MR) is 106 cm³/mol. The number of aryl methyl sites for hydroxylation is 1. The first kappa shape index (κ1) is 20.2. The van der Waals surface area contributed by atoms with Crippen LogP contribution in [-0.4, -0.2) is 23.5 Å². The van der Waals surface area contributed by atoms with Crippen molar-refractivity contribution in [2.45, 2.75) is 82.8 Å². The molecular weight excluding hydrogens is 330 g/mol. The zero-order valence-corrected chi connectivity index (χ0v) is 17.0. The molecular formula is C21H33NO2S. The Balaban J connectivity index is 1.95. The Morgan fingerprint density at radius 3 is 2.56 bits per heavy atom. The molecule has 1 aromatic rings. The number of thioether (sulfide) groups is 1. The van der Waals surface area contributed by atoms with Crippen LogP contribution >= 0.6 is 11.8 Å². The van der Waals surface area contributed by atoms with E-state index in [4.69, 9.17) is 4.74 Å². The van der Waals surface area contributed by atoms with Crippen LogP contribution in [0.4, 0.5) is 4.79 Å². The Bertz CT molecular complexity index is 547. The Morgan fingerprint density at radius 2 is 1.92 bits per heavy atom. The zero-order valence-electron chi connectivity index (χ0n) is 16.1. The van der Waals surface area contributed by atoms with Gasteiger partial charge in [0.1, 0.15) is 5.60 Å². The highest BCUT2D eigenvalue weighted by atomic mass is 32.2. The third kappa shape index (κ3) is 7.72.